The molecular weight excluding hydrogens is 376 g/mol. The lowest BCUT2D eigenvalue weighted by atomic mass is 10.1. The molecule has 3 rings (SSSR count). The lowest BCUT2D eigenvalue weighted by molar-refractivity contribution is -0.384. The normalized spacial score (nSPS) is 16.4. The lowest BCUT2D eigenvalue weighted by Gasteiger charge is -2.16. The van der Waals surface area contributed by atoms with Gasteiger partial charge in [0.25, 0.3) is 5.69 Å². The molecule has 0 saturated carbocycles. The summed E-state index contributed by atoms with van der Waals surface area (Å²) in [7, 11) is 0. The van der Waals surface area contributed by atoms with Crippen molar-refractivity contribution in [3.05, 3.63) is 63.7 Å². The predicted octanol–water partition coefficient (Wildman–Crippen LogP) is 2.37. The number of carbonyl (C=O) groups is 2. The van der Waals surface area contributed by atoms with Gasteiger partial charge in [0.1, 0.15) is 5.75 Å². The van der Waals surface area contributed by atoms with Gasteiger partial charge in [-0.15, -0.1) is 0 Å². The number of hydrogen-bond donors (Lipinski definition) is 2. The number of nitro groups is 1. The van der Waals surface area contributed by atoms with Crippen LogP contribution in [-0.4, -0.2) is 34.6 Å². The number of phenols is 1. The molecule has 1 aliphatic rings. The summed E-state index contributed by atoms with van der Waals surface area (Å²) in [5.74, 6) is -1.35. The molecule has 1 aliphatic heterocycles. The molecule has 0 aromatic heterocycles. The average Bonchev–Trinajstić information content (AvgIpc) is 3.11. The number of aryl methyl sites for hydroxylation is 1. The first kappa shape index (κ1) is 20.0. The van der Waals surface area contributed by atoms with Gasteiger partial charge in [0, 0.05) is 36.3 Å². The lowest BCUT2D eigenvalue weighted by Crippen LogP contribution is -2.30. The zero-order valence-corrected chi connectivity index (χ0v) is 15.7. The molecule has 2 N–H and O–H groups in total. The highest BCUT2D eigenvalue weighted by atomic mass is 16.6. The summed E-state index contributed by atoms with van der Waals surface area (Å²) >= 11 is 0. The third-order valence-corrected chi connectivity index (χ3v) is 4.75. The first-order valence-corrected chi connectivity index (χ1v) is 9.08. The van der Waals surface area contributed by atoms with Crippen molar-refractivity contribution in [3.63, 3.8) is 0 Å². The van der Waals surface area contributed by atoms with Crippen LogP contribution in [0.2, 0.25) is 0 Å². The largest absolute Gasteiger partial charge is 0.507 e. The highest BCUT2D eigenvalue weighted by Gasteiger charge is 2.35. The average molecular weight is 396 g/mol. The van der Waals surface area contributed by atoms with Crippen LogP contribution < -0.4 is 10.3 Å². The second kappa shape index (κ2) is 8.51. The summed E-state index contributed by atoms with van der Waals surface area (Å²) < 4.78 is 0. The number of amides is 2. The number of aromatic hydroxyl groups is 1. The van der Waals surface area contributed by atoms with Gasteiger partial charge in [-0.3, -0.25) is 19.7 Å². The Morgan fingerprint density at radius 3 is 2.72 bits per heavy atom. The third-order valence-electron chi connectivity index (χ3n) is 4.75. The number of nitrogens with one attached hydrogen (secondary N) is 1. The number of hydrazone groups is 1. The number of carbonyl (C=O) groups excluding carboxylic acids is 2. The zero-order chi connectivity index (χ0) is 21.0. The first-order chi connectivity index (χ1) is 13.9. The Morgan fingerprint density at radius 1 is 1.34 bits per heavy atom. The van der Waals surface area contributed by atoms with Gasteiger partial charge in [-0.25, -0.2) is 5.43 Å². The van der Waals surface area contributed by atoms with Crippen molar-refractivity contribution in [1.29, 1.82) is 0 Å². The SMILES string of the molecule is CCc1ccc(N2C[C@H](C(=O)N/N=C\c3cc([N+](=O)[O-])ccc3O)CC2=O)cc1. The minimum atomic E-state index is -0.596. The van der Waals surface area contributed by atoms with Gasteiger partial charge in [-0.1, -0.05) is 19.1 Å². The highest BCUT2D eigenvalue weighted by Crippen LogP contribution is 2.26. The monoisotopic (exact) mass is 396 g/mol. The van der Waals surface area contributed by atoms with E-state index >= 15 is 0 Å². The number of nitrogens with zero attached hydrogens (tertiary/aromatic N) is 3. The molecule has 2 aromatic rings. The standard InChI is InChI=1S/C20H20N4O5/c1-2-13-3-5-16(6-4-13)23-12-15(10-19(23)26)20(27)22-21-11-14-9-17(24(28)29)7-8-18(14)25/h3-9,11,15,25H,2,10,12H2,1H3,(H,22,27)/b21-11-/t15-/m1/s1. The maximum atomic E-state index is 12.3. The molecule has 0 spiro atoms. The molecule has 150 valence electrons. The minimum absolute atomic E-state index is 0.0684. The highest BCUT2D eigenvalue weighted by molar-refractivity contribution is 6.00. The van der Waals surface area contributed by atoms with Gasteiger partial charge < -0.3 is 10.0 Å². The summed E-state index contributed by atoms with van der Waals surface area (Å²) in [4.78, 5) is 36.4. The van der Waals surface area contributed by atoms with Crippen LogP contribution in [0.1, 0.15) is 24.5 Å². The van der Waals surface area contributed by atoms with E-state index in [4.69, 9.17) is 0 Å². The Balaban J connectivity index is 1.63. The first-order valence-electron chi connectivity index (χ1n) is 9.08. The molecule has 1 atom stereocenters. The van der Waals surface area contributed by atoms with Crippen molar-refractivity contribution >= 4 is 29.4 Å². The Morgan fingerprint density at radius 2 is 2.07 bits per heavy atom. The number of anilines is 1. The van der Waals surface area contributed by atoms with Crippen LogP contribution in [0, 0.1) is 16.0 Å². The second-order valence-corrected chi connectivity index (χ2v) is 6.66. The number of rotatable bonds is 6. The molecule has 0 aliphatic carbocycles. The minimum Gasteiger partial charge on any atom is -0.507 e. The van der Waals surface area contributed by atoms with E-state index < -0.39 is 16.7 Å². The van der Waals surface area contributed by atoms with E-state index in [1.807, 2.05) is 31.2 Å². The van der Waals surface area contributed by atoms with Crippen LogP contribution in [0.25, 0.3) is 0 Å². The molecule has 2 aromatic carbocycles. The Kier molecular flexibility index (Phi) is 5.87. The molecule has 0 unspecified atom stereocenters. The molecule has 1 saturated heterocycles. The second-order valence-electron chi connectivity index (χ2n) is 6.66. The molecule has 0 radical (unpaired) electrons. The number of benzene rings is 2. The van der Waals surface area contributed by atoms with Crippen LogP contribution in [0.3, 0.4) is 0 Å². The quantitative estimate of drug-likeness (QED) is 0.440. The van der Waals surface area contributed by atoms with Crippen LogP contribution in [-0.2, 0) is 16.0 Å². The fraction of sp³-hybridized carbons (Fsp3) is 0.250. The van der Waals surface area contributed by atoms with E-state index in [0.29, 0.717) is 0 Å². The van der Waals surface area contributed by atoms with Gasteiger partial charge in [0.15, 0.2) is 0 Å². The van der Waals surface area contributed by atoms with Crippen molar-refractivity contribution in [3.8, 4) is 5.75 Å². The van der Waals surface area contributed by atoms with Crippen molar-refractivity contribution < 1.29 is 19.6 Å². The molecular formula is C20H20N4O5. The molecule has 9 heteroatoms. The maximum absolute atomic E-state index is 12.3. The van der Waals surface area contributed by atoms with Crippen LogP contribution in [0.5, 0.6) is 5.75 Å². The topological polar surface area (TPSA) is 125 Å². The molecule has 1 heterocycles. The van der Waals surface area contributed by atoms with E-state index in [1.54, 1.807) is 4.90 Å². The Labute approximate surface area is 166 Å². The van der Waals surface area contributed by atoms with E-state index in [2.05, 4.69) is 10.5 Å². The van der Waals surface area contributed by atoms with Gasteiger partial charge in [0.2, 0.25) is 11.8 Å². The van der Waals surface area contributed by atoms with Crippen LogP contribution in [0.15, 0.2) is 47.6 Å². The fourth-order valence-corrected chi connectivity index (χ4v) is 3.06. The summed E-state index contributed by atoms with van der Waals surface area (Å²) in [5, 5.41) is 24.3. The Hall–Kier alpha value is -3.75. The van der Waals surface area contributed by atoms with Crippen molar-refractivity contribution in [2.75, 3.05) is 11.4 Å². The molecule has 0 bridgehead atoms. The van der Waals surface area contributed by atoms with Crippen LogP contribution >= 0.6 is 0 Å². The predicted molar refractivity (Wildman–Crippen MR) is 107 cm³/mol. The Bertz CT molecular complexity index is 971. The van der Waals surface area contributed by atoms with Gasteiger partial charge in [0.05, 0.1) is 17.1 Å². The zero-order valence-electron chi connectivity index (χ0n) is 15.7. The number of nitro benzene ring substituents is 1. The van der Waals surface area contributed by atoms with Gasteiger partial charge in [-0.2, -0.15) is 5.10 Å². The van der Waals surface area contributed by atoms with Gasteiger partial charge >= 0.3 is 0 Å². The van der Waals surface area contributed by atoms with Crippen molar-refractivity contribution in [2.45, 2.75) is 19.8 Å². The number of phenolic OH excluding ortho intramolecular Hbond substituents is 1. The van der Waals surface area contributed by atoms with E-state index in [1.165, 1.54) is 6.07 Å². The fourth-order valence-electron chi connectivity index (χ4n) is 3.06. The number of non-ortho nitro benzene ring substituents is 1. The summed E-state index contributed by atoms with van der Waals surface area (Å²) in [6, 6.07) is 11.1. The van der Waals surface area contributed by atoms with Crippen LogP contribution in [0.4, 0.5) is 11.4 Å². The summed E-state index contributed by atoms with van der Waals surface area (Å²) in [5.41, 5.74) is 4.12. The third kappa shape index (κ3) is 4.57. The van der Waals surface area contributed by atoms with Crippen molar-refractivity contribution in [1.82, 2.24) is 5.43 Å². The molecule has 2 amide bonds. The number of hydrogen-bond acceptors (Lipinski definition) is 6. The molecule has 1 fully saturated rings. The maximum Gasteiger partial charge on any atom is 0.270 e. The van der Waals surface area contributed by atoms with Gasteiger partial charge in [-0.05, 0) is 30.2 Å². The molecule has 29 heavy (non-hydrogen) atoms. The van der Waals surface area contributed by atoms with E-state index in [-0.39, 0.29) is 35.9 Å². The summed E-state index contributed by atoms with van der Waals surface area (Å²) in [6.07, 6.45) is 2.09. The van der Waals surface area contributed by atoms with Crippen molar-refractivity contribution in [2.24, 2.45) is 11.0 Å². The molecule has 9 nitrogen and oxygen atoms in total. The van der Waals surface area contributed by atoms with E-state index in [0.717, 1.165) is 36.0 Å². The summed E-state index contributed by atoms with van der Waals surface area (Å²) in [6.45, 7) is 2.29. The van der Waals surface area contributed by atoms with E-state index in [9.17, 15) is 24.8 Å². The smallest absolute Gasteiger partial charge is 0.270 e.